The number of rotatable bonds is 6. The van der Waals surface area contributed by atoms with Crippen LogP contribution in [0.2, 0.25) is 0 Å². The molecule has 2 rings (SSSR count). The molecule has 1 aliphatic heterocycles. The van der Waals surface area contributed by atoms with Crippen LogP contribution in [-0.2, 0) is 15.9 Å². The standard InChI is InChI=1S/C12H20N4O3/c1-2-18-12(17)11-14-10(15-16-11)5-8-19-9-3-6-13-7-4-9/h9,13H,2-8H2,1H3,(H,14,15,16). The summed E-state index contributed by atoms with van der Waals surface area (Å²) < 4.78 is 10.6. The largest absolute Gasteiger partial charge is 0.460 e. The zero-order valence-electron chi connectivity index (χ0n) is 11.1. The first-order chi connectivity index (χ1) is 9.29. The molecule has 1 aromatic heterocycles. The van der Waals surface area contributed by atoms with E-state index in [0.29, 0.717) is 31.6 Å². The van der Waals surface area contributed by atoms with E-state index in [1.807, 2.05) is 0 Å². The third-order valence-electron chi connectivity index (χ3n) is 2.97. The number of aromatic nitrogens is 3. The number of hydrogen-bond acceptors (Lipinski definition) is 6. The van der Waals surface area contributed by atoms with Gasteiger partial charge < -0.3 is 14.8 Å². The van der Waals surface area contributed by atoms with Crippen LogP contribution in [0.5, 0.6) is 0 Å². The van der Waals surface area contributed by atoms with E-state index in [9.17, 15) is 4.79 Å². The van der Waals surface area contributed by atoms with Gasteiger partial charge in [-0.1, -0.05) is 0 Å². The molecule has 0 spiro atoms. The lowest BCUT2D eigenvalue weighted by Crippen LogP contribution is -2.32. The molecular weight excluding hydrogens is 248 g/mol. The fourth-order valence-electron chi connectivity index (χ4n) is 1.98. The van der Waals surface area contributed by atoms with Crippen molar-refractivity contribution in [1.29, 1.82) is 0 Å². The van der Waals surface area contributed by atoms with Gasteiger partial charge in [0.05, 0.1) is 19.3 Å². The van der Waals surface area contributed by atoms with Crippen LogP contribution >= 0.6 is 0 Å². The number of carbonyl (C=O) groups is 1. The summed E-state index contributed by atoms with van der Waals surface area (Å²) in [4.78, 5) is 15.5. The molecule has 0 bridgehead atoms. The topological polar surface area (TPSA) is 89.1 Å². The van der Waals surface area contributed by atoms with Crippen LogP contribution in [0.1, 0.15) is 36.2 Å². The molecule has 0 saturated carbocycles. The predicted octanol–water partition coefficient (Wildman–Crippen LogP) is 0.292. The van der Waals surface area contributed by atoms with Crippen molar-refractivity contribution in [3.8, 4) is 0 Å². The Balaban J connectivity index is 1.72. The number of H-pyrrole nitrogens is 1. The average Bonchev–Trinajstić information content (AvgIpc) is 2.89. The number of esters is 1. The first-order valence-electron chi connectivity index (χ1n) is 6.70. The highest BCUT2D eigenvalue weighted by Gasteiger charge is 2.15. The Hall–Kier alpha value is -1.47. The second-order valence-corrected chi connectivity index (χ2v) is 4.40. The molecule has 0 atom stereocenters. The van der Waals surface area contributed by atoms with Crippen molar-refractivity contribution in [2.24, 2.45) is 0 Å². The van der Waals surface area contributed by atoms with Gasteiger partial charge in [-0.15, -0.1) is 5.10 Å². The molecule has 0 amide bonds. The summed E-state index contributed by atoms with van der Waals surface area (Å²) in [6, 6.07) is 0. The van der Waals surface area contributed by atoms with Crippen LogP contribution in [-0.4, -0.2) is 53.6 Å². The molecule has 0 unspecified atom stereocenters. The Morgan fingerprint density at radius 3 is 2.95 bits per heavy atom. The maximum atomic E-state index is 11.4. The van der Waals surface area contributed by atoms with Gasteiger partial charge in [0.15, 0.2) is 0 Å². The van der Waals surface area contributed by atoms with Crippen molar-refractivity contribution in [2.45, 2.75) is 32.3 Å². The van der Waals surface area contributed by atoms with Gasteiger partial charge in [-0.25, -0.2) is 9.78 Å². The number of aromatic amines is 1. The van der Waals surface area contributed by atoms with Crippen LogP contribution < -0.4 is 5.32 Å². The van der Waals surface area contributed by atoms with Crippen molar-refractivity contribution in [1.82, 2.24) is 20.5 Å². The van der Waals surface area contributed by atoms with Gasteiger partial charge in [0.2, 0.25) is 0 Å². The van der Waals surface area contributed by atoms with Crippen molar-refractivity contribution in [2.75, 3.05) is 26.3 Å². The first kappa shape index (κ1) is 14.0. The molecule has 2 heterocycles. The van der Waals surface area contributed by atoms with E-state index in [2.05, 4.69) is 20.5 Å². The lowest BCUT2D eigenvalue weighted by Gasteiger charge is -2.22. The Morgan fingerprint density at radius 1 is 1.42 bits per heavy atom. The second-order valence-electron chi connectivity index (χ2n) is 4.40. The minimum atomic E-state index is -0.496. The summed E-state index contributed by atoms with van der Waals surface area (Å²) in [7, 11) is 0. The highest BCUT2D eigenvalue weighted by molar-refractivity contribution is 5.84. The van der Waals surface area contributed by atoms with E-state index in [0.717, 1.165) is 25.9 Å². The number of piperidine rings is 1. The summed E-state index contributed by atoms with van der Waals surface area (Å²) in [6.07, 6.45) is 3.04. The molecule has 1 aliphatic rings. The highest BCUT2D eigenvalue weighted by atomic mass is 16.5. The quantitative estimate of drug-likeness (QED) is 0.721. The third-order valence-corrected chi connectivity index (χ3v) is 2.97. The summed E-state index contributed by atoms with van der Waals surface area (Å²) in [6.45, 7) is 4.68. The first-order valence-corrected chi connectivity index (χ1v) is 6.70. The van der Waals surface area contributed by atoms with Gasteiger partial charge in [0, 0.05) is 6.42 Å². The molecule has 2 N–H and O–H groups in total. The number of carbonyl (C=O) groups excluding carboxylic acids is 1. The number of ether oxygens (including phenoxy) is 2. The maximum absolute atomic E-state index is 11.4. The monoisotopic (exact) mass is 268 g/mol. The van der Waals surface area contributed by atoms with Gasteiger partial charge >= 0.3 is 5.97 Å². The zero-order chi connectivity index (χ0) is 13.5. The van der Waals surface area contributed by atoms with Crippen LogP contribution in [0.4, 0.5) is 0 Å². The molecule has 1 saturated heterocycles. The lowest BCUT2D eigenvalue weighted by atomic mass is 10.1. The normalized spacial score (nSPS) is 16.5. The predicted molar refractivity (Wildman–Crippen MR) is 67.9 cm³/mol. The number of hydrogen-bond donors (Lipinski definition) is 2. The average molecular weight is 268 g/mol. The fraction of sp³-hybridized carbons (Fsp3) is 0.750. The summed E-state index contributed by atoms with van der Waals surface area (Å²) in [5.74, 6) is 0.236. The number of nitrogens with zero attached hydrogens (tertiary/aromatic N) is 2. The van der Waals surface area contributed by atoms with Crippen molar-refractivity contribution in [3.05, 3.63) is 11.6 Å². The Kier molecular flexibility index (Phi) is 5.29. The Bertz CT molecular complexity index is 401. The summed E-state index contributed by atoms with van der Waals surface area (Å²) in [5.41, 5.74) is 0. The molecule has 7 nitrogen and oxygen atoms in total. The van der Waals surface area contributed by atoms with Crippen LogP contribution in [0.25, 0.3) is 0 Å². The van der Waals surface area contributed by atoms with E-state index < -0.39 is 5.97 Å². The van der Waals surface area contributed by atoms with Crippen molar-refractivity contribution < 1.29 is 14.3 Å². The third kappa shape index (κ3) is 4.29. The summed E-state index contributed by atoms with van der Waals surface area (Å²) in [5, 5.41) is 9.84. The van der Waals surface area contributed by atoms with Crippen LogP contribution in [0, 0.1) is 0 Å². The van der Waals surface area contributed by atoms with Crippen LogP contribution in [0.3, 0.4) is 0 Å². The molecule has 1 fully saturated rings. The van der Waals surface area contributed by atoms with Gasteiger partial charge in [-0.3, -0.25) is 5.10 Å². The van der Waals surface area contributed by atoms with Crippen molar-refractivity contribution >= 4 is 5.97 Å². The van der Waals surface area contributed by atoms with Crippen LogP contribution in [0.15, 0.2) is 0 Å². The van der Waals surface area contributed by atoms with Gasteiger partial charge in [-0.2, -0.15) is 0 Å². The van der Waals surface area contributed by atoms with Crippen molar-refractivity contribution in [3.63, 3.8) is 0 Å². The molecule has 0 aromatic carbocycles. The SMILES string of the molecule is CCOC(=O)c1n[nH]c(CCOC2CCNCC2)n1. The van der Waals surface area contributed by atoms with E-state index >= 15 is 0 Å². The fourth-order valence-corrected chi connectivity index (χ4v) is 1.98. The lowest BCUT2D eigenvalue weighted by molar-refractivity contribution is 0.0342. The minimum Gasteiger partial charge on any atom is -0.460 e. The van der Waals surface area contributed by atoms with E-state index in [4.69, 9.17) is 9.47 Å². The Morgan fingerprint density at radius 2 is 2.21 bits per heavy atom. The molecule has 7 heteroatoms. The van der Waals surface area contributed by atoms with Gasteiger partial charge in [-0.05, 0) is 32.9 Å². The second kappa shape index (κ2) is 7.20. The van der Waals surface area contributed by atoms with E-state index in [-0.39, 0.29) is 5.82 Å². The summed E-state index contributed by atoms with van der Waals surface area (Å²) >= 11 is 0. The van der Waals surface area contributed by atoms with E-state index in [1.165, 1.54) is 0 Å². The molecule has 19 heavy (non-hydrogen) atoms. The molecule has 1 aromatic rings. The maximum Gasteiger partial charge on any atom is 0.378 e. The smallest absolute Gasteiger partial charge is 0.378 e. The number of nitrogens with one attached hydrogen (secondary N) is 2. The molecule has 0 radical (unpaired) electrons. The van der Waals surface area contributed by atoms with Gasteiger partial charge in [0.25, 0.3) is 5.82 Å². The molecule has 0 aliphatic carbocycles. The zero-order valence-corrected chi connectivity index (χ0v) is 11.1. The molecular formula is C12H20N4O3. The molecule has 106 valence electrons. The Labute approximate surface area is 112 Å². The van der Waals surface area contributed by atoms with Gasteiger partial charge in [0.1, 0.15) is 5.82 Å². The minimum absolute atomic E-state index is 0.0821. The van der Waals surface area contributed by atoms with E-state index in [1.54, 1.807) is 6.92 Å². The highest BCUT2D eigenvalue weighted by Crippen LogP contribution is 2.07.